The molecule has 1 N–H and O–H groups in total. The second-order valence-electron chi connectivity index (χ2n) is 8.11. The van der Waals surface area contributed by atoms with Crippen LogP contribution < -0.4 is 5.56 Å². The topological polar surface area (TPSA) is 72.0 Å². The third-order valence-electron chi connectivity index (χ3n) is 6.25. The molecule has 0 unspecified atom stereocenters. The lowest BCUT2D eigenvalue weighted by molar-refractivity contribution is -0.152. The summed E-state index contributed by atoms with van der Waals surface area (Å²) in [5.74, 6) is 2.15. The molecule has 0 amide bonds. The minimum Gasteiger partial charge on any atom is -0.462 e. The molecule has 5 heteroatoms. The summed E-state index contributed by atoms with van der Waals surface area (Å²) in [6.45, 7) is 0. The van der Waals surface area contributed by atoms with Gasteiger partial charge in [0.05, 0.1) is 10.9 Å². The van der Waals surface area contributed by atoms with Crippen molar-refractivity contribution in [2.24, 2.45) is 11.8 Å². The fraction of sp³-hybridized carbons (Fsp3) is 0.591. The number of nitrogens with one attached hydrogen (secondary N) is 1. The highest BCUT2D eigenvalue weighted by Crippen LogP contribution is 2.41. The average molecular weight is 368 g/mol. The molecule has 4 rings (SSSR count). The second-order valence-corrected chi connectivity index (χ2v) is 8.11. The van der Waals surface area contributed by atoms with Crippen molar-refractivity contribution in [3.63, 3.8) is 0 Å². The van der Waals surface area contributed by atoms with Gasteiger partial charge in [0.1, 0.15) is 11.9 Å². The molecule has 2 aromatic rings. The predicted molar refractivity (Wildman–Crippen MR) is 104 cm³/mol. The van der Waals surface area contributed by atoms with Crippen molar-refractivity contribution < 1.29 is 9.53 Å². The first-order chi connectivity index (χ1) is 13.2. The maximum atomic E-state index is 12.2. The number of esters is 1. The van der Waals surface area contributed by atoms with E-state index < -0.39 is 0 Å². The lowest BCUT2D eigenvalue weighted by Gasteiger charge is -2.38. The molecule has 0 spiro atoms. The molecule has 0 bridgehead atoms. The van der Waals surface area contributed by atoms with E-state index in [2.05, 4.69) is 9.97 Å². The van der Waals surface area contributed by atoms with E-state index in [0.717, 1.165) is 24.7 Å². The van der Waals surface area contributed by atoms with Crippen LogP contribution in [0, 0.1) is 11.8 Å². The summed E-state index contributed by atoms with van der Waals surface area (Å²) in [6.07, 6.45) is 10.4. The van der Waals surface area contributed by atoms with Crippen molar-refractivity contribution in [1.29, 1.82) is 0 Å². The number of aromatic amines is 1. The highest BCUT2D eigenvalue weighted by Gasteiger charge is 2.33. The van der Waals surface area contributed by atoms with Gasteiger partial charge < -0.3 is 9.72 Å². The van der Waals surface area contributed by atoms with Gasteiger partial charge in [-0.3, -0.25) is 9.59 Å². The molecule has 5 nitrogen and oxygen atoms in total. The molecule has 3 atom stereocenters. The van der Waals surface area contributed by atoms with Crippen LogP contribution in [0.4, 0.5) is 0 Å². The number of para-hydroxylation sites is 1. The van der Waals surface area contributed by atoms with Crippen LogP contribution in [0.15, 0.2) is 29.1 Å². The summed E-state index contributed by atoms with van der Waals surface area (Å²) in [7, 11) is 0. The number of carbonyl (C=O) groups excluding carboxylic acids is 1. The number of fused-ring (bicyclic) bond motifs is 2. The fourth-order valence-electron chi connectivity index (χ4n) is 4.84. The van der Waals surface area contributed by atoms with E-state index >= 15 is 0 Å². The van der Waals surface area contributed by atoms with Crippen LogP contribution in [-0.2, 0) is 16.0 Å². The Labute approximate surface area is 159 Å². The van der Waals surface area contributed by atoms with Crippen LogP contribution >= 0.6 is 0 Å². The Kier molecular flexibility index (Phi) is 5.55. The van der Waals surface area contributed by atoms with Gasteiger partial charge in [0.2, 0.25) is 0 Å². The molecule has 2 aliphatic rings. The van der Waals surface area contributed by atoms with Crippen LogP contribution in [0.5, 0.6) is 0 Å². The number of ether oxygens (including phenoxy) is 1. The van der Waals surface area contributed by atoms with Crippen molar-refractivity contribution in [3.05, 3.63) is 40.4 Å². The summed E-state index contributed by atoms with van der Waals surface area (Å²) >= 11 is 0. The molecule has 144 valence electrons. The number of aryl methyl sites for hydroxylation is 1. The van der Waals surface area contributed by atoms with Crippen molar-refractivity contribution in [1.82, 2.24) is 9.97 Å². The molecule has 2 saturated carbocycles. The Balaban J connectivity index is 1.26. The van der Waals surface area contributed by atoms with E-state index in [1.165, 1.54) is 32.1 Å². The Morgan fingerprint density at radius 1 is 1.11 bits per heavy atom. The lowest BCUT2D eigenvalue weighted by Crippen LogP contribution is -2.33. The Hall–Kier alpha value is -2.17. The molecule has 2 aliphatic carbocycles. The number of nitrogens with zero attached hydrogens (tertiary/aromatic N) is 1. The van der Waals surface area contributed by atoms with Gasteiger partial charge in [0.15, 0.2) is 0 Å². The zero-order chi connectivity index (χ0) is 18.6. The lowest BCUT2D eigenvalue weighted by atomic mass is 9.70. The summed E-state index contributed by atoms with van der Waals surface area (Å²) in [4.78, 5) is 31.6. The molecular formula is C22H28N2O3. The van der Waals surface area contributed by atoms with Gasteiger partial charge in [0.25, 0.3) is 5.56 Å². The fourth-order valence-corrected chi connectivity index (χ4v) is 4.84. The molecule has 0 aliphatic heterocycles. The van der Waals surface area contributed by atoms with Gasteiger partial charge >= 0.3 is 5.97 Å². The van der Waals surface area contributed by atoms with Gasteiger partial charge in [-0.25, -0.2) is 4.98 Å². The zero-order valence-corrected chi connectivity index (χ0v) is 15.8. The summed E-state index contributed by atoms with van der Waals surface area (Å²) in [5.41, 5.74) is 0.575. The first-order valence-corrected chi connectivity index (χ1v) is 10.4. The van der Waals surface area contributed by atoms with Crippen LogP contribution in [0.1, 0.15) is 63.6 Å². The van der Waals surface area contributed by atoms with Crippen molar-refractivity contribution in [2.45, 2.75) is 70.3 Å². The highest BCUT2D eigenvalue weighted by atomic mass is 16.5. The smallest absolute Gasteiger partial charge is 0.306 e. The number of hydrogen-bond acceptors (Lipinski definition) is 4. The van der Waals surface area contributed by atoms with Crippen molar-refractivity contribution >= 4 is 16.9 Å². The molecule has 1 aromatic heterocycles. The largest absolute Gasteiger partial charge is 0.462 e. The second kappa shape index (κ2) is 8.24. The maximum absolute atomic E-state index is 12.2. The van der Waals surface area contributed by atoms with Crippen LogP contribution in [-0.4, -0.2) is 22.0 Å². The molecule has 1 aromatic carbocycles. The number of benzene rings is 1. The zero-order valence-electron chi connectivity index (χ0n) is 15.8. The highest BCUT2D eigenvalue weighted by molar-refractivity contribution is 5.77. The third-order valence-corrected chi connectivity index (χ3v) is 6.25. The number of aromatic nitrogens is 2. The summed E-state index contributed by atoms with van der Waals surface area (Å²) in [6, 6.07) is 7.31. The van der Waals surface area contributed by atoms with E-state index in [1.807, 2.05) is 18.2 Å². The first kappa shape index (κ1) is 18.2. The molecule has 27 heavy (non-hydrogen) atoms. The third kappa shape index (κ3) is 4.40. The first-order valence-electron chi connectivity index (χ1n) is 10.4. The molecule has 1 heterocycles. The summed E-state index contributed by atoms with van der Waals surface area (Å²) < 4.78 is 5.74. The number of carbonyl (C=O) groups is 1. The van der Waals surface area contributed by atoms with Crippen LogP contribution in [0.3, 0.4) is 0 Å². The summed E-state index contributed by atoms with van der Waals surface area (Å²) in [5, 5.41) is 0.596. The number of hydrogen-bond donors (Lipinski definition) is 1. The minimum absolute atomic E-state index is 0.107. The minimum atomic E-state index is -0.123. The SMILES string of the molecule is O=C(CCCc1nc2ccccc2c(=O)[nH]1)O[C@@H]1CC[C@H]2CCCC[C@H]2C1. The average Bonchev–Trinajstić information content (AvgIpc) is 2.68. The van der Waals surface area contributed by atoms with Gasteiger partial charge in [-0.15, -0.1) is 0 Å². The Morgan fingerprint density at radius 2 is 1.93 bits per heavy atom. The molecule has 0 saturated heterocycles. The van der Waals surface area contributed by atoms with E-state index in [4.69, 9.17) is 4.74 Å². The van der Waals surface area contributed by atoms with Gasteiger partial charge in [-0.1, -0.05) is 37.8 Å². The van der Waals surface area contributed by atoms with E-state index in [9.17, 15) is 9.59 Å². The van der Waals surface area contributed by atoms with Crippen molar-refractivity contribution in [3.8, 4) is 0 Å². The van der Waals surface area contributed by atoms with E-state index in [0.29, 0.717) is 36.0 Å². The Bertz CT molecular complexity index is 860. The van der Waals surface area contributed by atoms with Crippen LogP contribution in [0.2, 0.25) is 0 Å². The van der Waals surface area contributed by atoms with E-state index in [1.54, 1.807) is 6.07 Å². The monoisotopic (exact) mass is 368 g/mol. The van der Waals surface area contributed by atoms with Crippen LogP contribution in [0.25, 0.3) is 10.9 Å². The van der Waals surface area contributed by atoms with E-state index in [-0.39, 0.29) is 17.6 Å². The molecule has 2 fully saturated rings. The van der Waals surface area contributed by atoms with Gasteiger partial charge in [-0.05, 0) is 49.7 Å². The quantitative estimate of drug-likeness (QED) is 0.805. The molecular weight excluding hydrogens is 340 g/mol. The van der Waals surface area contributed by atoms with Gasteiger partial charge in [0, 0.05) is 12.8 Å². The number of H-pyrrole nitrogens is 1. The normalized spacial score (nSPS) is 25.1. The van der Waals surface area contributed by atoms with Gasteiger partial charge in [-0.2, -0.15) is 0 Å². The molecule has 0 radical (unpaired) electrons. The maximum Gasteiger partial charge on any atom is 0.306 e. The van der Waals surface area contributed by atoms with Crippen molar-refractivity contribution in [2.75, 3.05) is 0 Å². The number of rotatable bonds is 5. The standard InChI is InChI=1S/C22H28N2O3/c25-21(27-17-13-12-15-6-1-2-7-16(15)14-17)11-5-10-20-23-19-9-4-3-8-18(19)22(26)24-20/h3-4,8-9,15-17H,1-2,5-7,10-14H2,(H,23,24,26)/t15-,16+,17-/m1/s1. The Morgan fingerprint density at radius 3 is 2.81 bits per heavy atom. The predicted octanol–water partition coefficient (Wildman–Crippen LogP) is 4.15.